The van der Waals surface area contributed by atoms with Gasteiger partial charge in [0.05, 0.1) is 18.5 Å². The summed E-state index contributed by atoms with van der Waals surface area (Å²) in [6.45, 7) is 0.172. The van der Waals surface area contributed by atoms with E-state index < -0.39 is 28.9 Å². The van der Waals surface area contributed by atoms with E-state index in [1.165, 1.54) is 6.26 Å². The summed E-state index contributed by atoms with van der Waals surface area (Å²) in [6.07, 6.45) is 2.25. The van der Waals surface area contributed by atoms with Gasteiger partial charge in [-0.2, -0.15) is 0 Å². The summed E-state index contributed by atoms with van der Waals surface area (Å²) < 4.78 is 31.6. The second-order valence-corrected chi connectivity index (χ2v) is 5.42. The maximum Gasteiger partial charge on any atom is 0.240 e. The van der Waals surface area contributed by atoms with E-state index in [-0.39, 0.29) is 12.2 Å². The molecule has 7 heteroatoms. The van der Waals surface area contributed by atoms with Crippen LogP contribution in [0, 0.1) is 17.0 Å². The molecule has 0 bridgehead atoms. The highest BCUT2D eigenvalue weighted by molar-refractivity contribution is 6.13. The van der Waals surface area contributed by atoms with Crippen molar-refractivity contribution in [1.29, 1.82) is 0 Å². The lowest BCUT2D eigenvalue weighted by Crippen LogP contribution is -2.39. The number of hydrogen-bond acceptors (Lipinski definition) is 3. The van der Waals surface area contributed by atoms with Crippen LogP contribution in [0.15, 0.2) is 41.0 Å². The van der Waals surface area contributed by atoms with Gasteiger partial charge in [-0.3, -0.25) is 9.59 Å². The van der Waals surface area contributed by atoms with E-state index in [1.54, 1.807) is 12.1 Å². The number of carbonyl (C=O) groups is 2. The van der Waals surface area contributed by atoms with Gasteiger partial charge in [-0.25, -0.2) is 8.78 Å². The van der Waals surface area contributed by atoms with Crippen molar-refractivity contribution in [3.05, 3.63) is 54.0 Å². The van der Waals surface area contributed by atoms with E-state index in [0.717, 1.165) is 12.1 Å². The second-order valence-electron chi connectivity index (χ2n) is 5.42. The van der Waals surface area contributed by atoms with Gasteiger partial charge in [0.1, 0.15) is 22.8 Å². The number of furan rings is 1. The van der Waals surface area contributed by atoms with Crippen LogP contribution in [0.5, 0.6) is 0 Å². The number of halogens is 2. The molecule has 0 spiro atoms. The van der Waals surface area contributed by atoms with Crippen molar-refractivity contribution in [3.8, 4) is 0 Å². The quantitative estimate of drug-likeness (QED) is 0.832. The van der Waals surface area contributed by atoms with Gasteiger partial charge in [0.2, 0.25) is 11.8 Å². The largest absolute Gasteiger partial charge is 0.467 e. The Hall–Kier alpha value is -2.70. The molecule has 2 aromatic rings. The molecule has 0 unspecified atom stereocenters. The van der Waals surface area contributed by atoms with Gasteiger partial charge in [-0.15, -0.1) is 0 Å². The lowest BCUT2D eigenvalue weighted by molar-refractivity contribution is -0.134. The summed E-state index contributed by atoms with van der Waals surface area (Å²) in [7, 11) is 0. The Morgan fingerprint density at radius 2 is 1.96 bits per heavy atom. The maximum absolute atomic E-state index is 13.6. The maximum atomic E-state index is 13.6. The van der Waals surface area contributed by atoms with Gasteiger partial charge in [0.15, 0.2) is 0 Å². The normalized spacial score (nSPS) is 15.0. The minimum Gasteiger partial charge on any atom is -0.467 e. The van der Waals surface area contributed by atoms with Crippen LogP contribution in [-0.4, -0.2) is 11.8 Å². The Balaban J connectivity index is 1.64. The highest BCUT2D eigenvalue weighted by Gasteiger charge is 2.56. The van der Waals surface area contributed by atoms with E-state index in [0.29, 0.717) is 24.7 Å². The average molecular weight is 320 g/mol. The van der Waals surface area contributed by atoms with Crippen LogP contribution in [0.3, 0.4) is 0 Å². The molecule has 0 saturated heterocycles. The van der Waals surface area contributed by atoms with Crippen LogP contribution >= 0.6 is 0 Å². The molecule has 1 fully saturated rings. The Morgan fingerprint density at radius 3 is 2.57 bits per heavy atom. The molecule has 120 valence electrons. The summed E-state index contributed by atoms with van der Waals surface area (Å²) in [6, 6.07) is 6.23. The van der Waals surface area contributed by atoms with Crippen LogP contribution in [0.4, 0.5) is 14.5 Å². The molecule has 1 aromatic heterocycles. The molecular weight excluding hydrogens is 306 g/mol. The minimum absolute atomic E-state index is 0.151. The number of nitrogens with one attached hydrogen (secondary N) is 2. The van der Waals surface area contributed by atoms with E-state index in [4.69, 9.17) is 4.42 Å². The van der Waals surface area contributed by atoms with Crippen LogP contribution in [0.1, 0.15) is 18.6 Å². The first-order valence-corrected chi connectivity index (χ1v) is 7.08. The Morgan fingerprint density at radius 1 is 1.17 bits per heavy atom. The van der Waals surface area contributed by atoms with E-state index in [9.17, 15) is 18.4 Å². The fraction of sp³-hybridized carbons (Fsp3) is 0.250. The first kappa shape index (κ1) is 15.2. The smallest absolute Gasteiger partial charge is 0.240 e. The van der Waals surface area contributed by atoms with Crippen molar-refractivity contribution >= 4 is 17.5 Å². The third-order valence-corrected chi connectivity index (χ3v) is 3.80. The predicted molar refractivity (Wildman–Crippen MR) is 77.2 cm³/mol. The fourth-order valence-corrected chi connectivity index (χ4v) is 2.26. The predicted octanol–water partition coefficient (Wildman–Crippen LogP) is 2.59. The standard InChI is InChI=1S/C16H14F2N2O3/c17-10-3-4-13(12(18)8-10)20-15(22)16(5-6-16)14(21)19-9-11-2-1-7-23-11/h1-4,7-8H,5-6,9H2,(H,19,21)(H,20,22). The molecule has 0 atom stereocenters. The number of amides is 2. The molecule has 3 rings (SSSR count). The topological polar surface area (TPSA) is 71.3 Å². The zero-order valence-electron chi connectivity index (χ0n) is 12.1. The summed E-state index contributed by atoms with van der Waals surface area (Å²) in [5, 5.41) is 4.98. The molecule has 2 amide bonds. The molecule has 1 aliphatic rings. The number of benzene rings is 1. The molecule has 1 saturated carbocycles. The molecule has 1 aliphatic carbocycles. The summed E-state index contributed by atoms with van der Waals surface area (Å²) in [5.74, 6) is -2.09. The molecular formula is C16H14F2N2O3. The number of hydrogen-bond donors (Lipinski definition) is 2. The highest BCUT2D eigenvalue weighted by atomic mass is 19.1. The van der Waals surface area contributed by atoms with Crippen molar-refractivity contribution in [3.63, 3.8) is 0 Å². The monoisotopic (exact) mass is 320 g/mol. The Bertz CT molecular complexity index is 740. The van der Waals surface area contributed by atoms with Crippen molar-refractivity contribution in [2.75, 3.05) is 5.32 Å². The summed E-state index contributed by atoms with van der Waals surface area (Å²) >= 11 is 0. The van der Waals surface area contributed by atoms with Crippen molar-refractivity contribution < 1.29 is 22.8 Å². The SMILES string of the molecule is O=C(NCc1ccco1)C1(C(=O)Nc2ccc(F)cc2F)CC1. The number of anilines is 1. The summed E-state index contributed by atoms with van der Waals surface area (Å²) in [5.41, 5.74) is -1.35. The Kier molecular flexibility index (Phi) is 3.85. The number of carbonyl (C=O) groups excluding carboxylic acids is 2. The molecule has 23 heavy (non-hydrogen) atoms. The van der Waals surface area contributed by atoms with E-state index in [1.807, 2.05) is 0 Å². The third kappa shape index (κ3) is 3.08. The van der Waals surface area contributed by atoms with Crippen molar-refractivity contribution in [1.82, 2.24) is 5.32 Å². The van der Waals surface area contributed by atoms with Crippen LogP contribution in [0.2, 0.25) is 0 Å². The van der Waals surface area contributed by atoms with Gasteiger partial charge in [-0.1, -0.05) is 0 Å². The van der Waals surface area contributed by atoms with Crippen LogP contribution in [0.25, 0.3) is 0 Å². The first-order valence-electron chi connectivity index (χ1n) is 7.08. The molecule has 1 heterocycles. The van der Waals surface area contributed by atoms with Crippen molar-refractivity contribution in [2.45, 2.75) is 19.4 Å². The molecule has 0 radical (unpaired) electrons. The zero-order valence-corrected chi connectivity index (χ0v) is 12.1. The first-order chi connectivity index (χ1) is 11.0. The van der Waals surface area contributed by atoms with Gasteiger partial charge in [0, 0.05) is 6.07 Å². The summed E-state index contributed by atoms with van der Waals surface area (Å²) in [4.78, 5) is 24.5. The fourth-order valence-electron chi connectivity index (χ4n) is 2.26. The lowest BCUT2D eigenvalue weighted by Gasteiger charge is -2.15. The van der Waals surface area contributed by atoms with E-state index >= 15 is 0 Å². The molecule has 5 nitrogen and oxygen atoms in total. The molecule has 0 aliphatic heterocycles. The molecule has 2 N–H and O–H groups in total. The van der Waals surface area contributed by atoms with Gasteiger partial charge in [0.25, 0.3) is 0 Å². The van der Waals surface area contributed by atoms with Crippen LogP contribution in [-0.2, 0) is 16.1 Å². The highest BCUT2D eigenvalue weighted by Crippen LogP contribution is 2.47. The van der Waals surface area contributed by atoms with Gasteiger partial charge >= 0.3 is 0 Å². The van der Waals surface area contributed by atoms with E-state index in [2.05, 4.69) is 10.6 Å². The minimum atomic E-state index is -1.20. The van der Waals surface area contributed by atoms with Crippen LogP contribution < -0.4 is 10.6 Å². The van der Waals surface area contributed by atoms with Gasteiger partial charge < -0.3 is 15.1 Å². The average Bonchev–Trinajstić information content (AvgIpc) is 3.17. The number of rotatable bonds is 5. The lowest BCUT2D eigenvalue weighted by atomic mass is 10.0. The van der Waals surface area contributed by atoms with Gasteiger partial charge in [-0.05, 0) is 37.1 Å². The zero-order chi connectivity index (χ0) is 16.4. The third-order valence-electron chi connectivity index (χ3n) is 3.80. The van der Waals surface area contributed by atoms with Crippen molar-refractivity contribution in [2.24, 2.45) is 5.41 Å². The Labute approximate surface area is 130 Å². The molecule has 1 aromatic carbocycles. The second kappa shape index (κ2) is 5.83.